The number of morpholine rings is 1. The zero-order valence-corrected chi connectivity index (χ0v) is 14.2. The molecule has 1 aliphatic heterocycles. The maximum atomic E-state index is 5.46. The number of ether oxygens (including phenoxy) is 1. The molecule has 1 saturated heterocycles. The number of fused-ring (bicyclic) bond motifs is 1. The number of rotatable bonds is 5. The lowest BCUT2D eigenvalue weighted by Gasteiger charge is -2.31. The van der Waals surface area contributed by atoms with Crippen LogP contribution < -0.4 is 5.32 Å². The lowest BCUT2D eigenvalue weighted by atomic mass is 10.0. The molecular formula is C17H21N7O. The molecule has 0 radical (unpaired) electrons. The SMILES string of the molecule is Cc1ccc(C(CN2CCOCC2)Nc2ccc3nnnn3n2)cc1. The first-order valence-corrected chi connectivity index (χ1v) is 8.46. The summed E-state index contributed by atoms with van der Waals surface area (Å²) >= 11 is 0. The molecule has 25 heavy (non-hydrogen) atoms. The van der Waals surface area contributed by atoms with E-state index in [4.69, 9.17) is 4.74 Å². The van der Waals surface area contributed by atoms with E-state index < -0.39 is 0 Å². The molecule has 1 aromatic carbocycles. The van der Waals surface area contributed by atoms with E-state index in [1.165, 1.54) is 15.8 Å². The number of anilines is 1. The van der Waals surface area contributed by atoms with Gasteiger partial charge >= 0.3 is 0 Å². The molecule has 0 amide bonds. The summed E-state index contributed by atoms with van der Waals surface area (Å²) in [6.07, 6.45) is 0. The predicted octanol–water partition coefficient (Wildman–Crippen LogP) is 1.31. The molecule has 0 saturated carbocycles. The molecule has 1 fully saturated rings. The summed E-state index contributed by atoms with van der Waals surface area (Å²) in [6.45, 7) is 6.46. The molecule has 0 bridgehead atoms. The highest BCUT2D eigenvalue weighted by molar-refractivity contribution is 5.44. The molecule has 1 N–H and O–H groups in total. The van der Waals surface area contributed by atoms with Crippen molar-refractivity contribution in [1.29, 1.82) is 0 Å². The van der Waals surface area contributed by atoms with Gasteiger partial charge in [0.15, 0.2) is 5.65 Å². The number of hydrogen-bond donors (Lipinski definition) is 1. The van der Waals surface area contributed by atoms with Gasteiger partial charge in [0, 0.05) is 19.6 Å². The summed E-state index contributed by atoms with van der Waals surface area (Å²) in [5, 5.41) is 19.4. The maximum Gasteiger partial charge on any atom is 0.200 e. The molecular weight excluding hydrogens is 318 g/mol. The van der Waals surface area contributed by atoms with Gasteiger partial charge in [-0.25, -0.2) is 0 Å². The number of nitrogens with one attached hydrogen (secondary N) is 1. The van der Waals surface area contributed by atoms with Crippen LogP contribution in [-0.2, 0) is 4.74 Å². The Morgan fingerprint density at radius 1 is 1.12 bits per heavy atom. The Bertz CT molecular complexity index is 826. The maximum absolute atomic E-state index is 5.46. The van der Waals surface area contributed by atoms with Gasteiger partial charge in [-0.2, -0.15) is 0 Å². The van der Waals surface area contributed by atoms with Crippen molar-refractivity contribution in [3.05, 3.63) is 47.5 Å². The van der Waals surface area contributed by atoms with Crippen LogP contribution in [0.25, 0.3) is 5.65 Å². The number of nitrogens with zero attached hydrogens (tertiary/aromatic N) is 6. The zero-order chi connectivity index (χ0) is 17.1. The molecule has 0 spiro atoms. The van der Waals surface area contributed by atoms with E-state index in [1.54, 1.807) is 0 Å². The van der Waals surface area contributed by atoms with Crippen molar-refractivity contribution in [1.82, 2.24) is 30.2 Å². The zero-order valence-electron chi connectivity index (χ0n) is 14.2. The first-order valence-electron chi connectivity index (χ1n) is 8.46. The Morgan fingerprint density at radius 3 is 2.72 bits per heavy atom. The minimum atomic E-state index is 0.125. The van der Waals surface area contributed by atoms with Crippen LogP contribution >= 0.6 is 0 Å². The highest BCUT2D eigenvalue weighted by Gasteiger charge is 2.19. The van der Waals surface area contributed by atoms with Gasteiger partial charge in [0.05, 0.1) is 19.3 Å². The molecule has 2 aromatic heterocycles. The standard InChI is InChI=1S/C17H21N7O/c1-13-2-4-14(5-3-13)15(12-23-8-10-25-11-9-23)18-16-6-7-17-19-21-22-24(17)20-16/h2-7,15H,8-12H2,1H3,(H,18,20). The fourth-order valence-electron chi connectivity index (χ4n) is 2.98. The Balaban J connectivity index is 1.57. The third kappa shape index (κ3) is 3.75. The molecule has 1 unspecified atom stereocenters. The number of aromatic nitrogens is 5. The molecule has 3 heterocycles. The molecule has 8 nitrogen and oxygen atoms in total. The smallest absolute Gasteiger partial charge is 0.200 e. The number of aryl methyl sites for hydroxylation is 1. The summed E-state index contributed by atoms with van der Waals surface area (Å²) < 4.78 is 6.89. The van der Waals surface area contributed by atoms with Crippen LogP contribution in [-0.4, -0.2) is 63.0 Å². The number of hydrogen-bond acceptors (Lipinski definition) is 7. The summed E-state index contributed by atoms with van der Waals surface area (Å²) in [7, 11) is 0. The summed E-state index contributed by atoms with van der Waals surface area (Å²) in [6, 6.07) is 12.5. The highest BCUT2D eigenvalue weighted by atomic mass is 16.5. The molecule has 0 aliphatic carbocycles. The van der Waals surface area contributed by atoms with E-state index >= 15 is 0 Å². The van der Waals surface area contributed by atoms with E-state index in [9.17, 15) is 0 Å². The van der Waals surface area contributed by atoms with Gasteiger partial charge < -0.3 is 10.1 Å². The molecule has 130 valence electrons. The Kier molecular flexibility index (Phi) is 4.53. The fraction of sp³-hybridized carbons (Fsp3) is 0.412. The van der Waals surface area contributed by atoms with E-state index in [2.05, 4.69) is 62.0 Å². The number of benzene rings is 1. The topological polar surface area (TPSA) is 80.5 Å². The van der Waals surface area contributed by atoms with Crippen molar-refractivity contribution < 1.29 is 4.74 Å². The second kappa shape index (κ2) is 7.12. The number of tetrazole rings is 1. The van der Waals surface area contributed by atoms with Crippen molar-refractivity contribution in [2.45, 2.75) is 13.0 Å². The Hall–Kier alpha value is -2.58. The van der Waals surface area contributed by atoms with Gasteiger partial charge in [0.25, 0.3) is 0 Å². The van der Waals surface area contributed by atoms with Gasteiger partial charge in [0.2, 0.25) is 0 Å². The summed E-state index contributed by atoms with van der Waals surface area (Å²) in [4.78, 5) is 2.41. The monoisotopic (exact) mass is 339 g/mol. The van der Waals surface area contributed by atoms with Crippen LogP contribution in [0.4, 0.5) is 5.82 Å². The van der Waals surface area contributed by atoms with Crippen LogP contribution in [0.1, 0.15) is 17.2 Å². The lowest BCUT2D eigenvalue weighted by molar-refractivity contribution is 0.0360. The summed E-state index contributed by atoms with van der Waals surface area (Å²) in [5.74, 6) is 0.749. The van der Waals surface area contributed by atoms with E-state index in [-0.39, 0.29) is 6.04 Å². The van der Waals surface area contributed by atoms with Crippen LogP contribution in [0, 0.1) is 6.92 Å². The van der Waals surface area contributed by atoms with E-state index in [1.807, 2.05) is 12.1 Å². The lowest BCUT2D eigenvalue weighted by Crippen LogP contribution is -2.40. The van der Waals surface area contributed by atoms with Crippen LogP contribution in [0.5, 0.6) is 0 Å². The molecule has 8 heteroatoms. The third-order valence-corrected chi connectivity index (χ3v) is 4.42. The van der Waals surface area contributed by atoms with Crippen LogP contribution in [0.15, 0.2) is 36.4 Å². The van der Waals surface area contributed by atoms with Crippen molar-refractivity contribution in [3.8, 4) is 0 Å². The third-order valence-electron chi connectivity index (χ3n) is 4.42. The van der Waals surface area contributed by atoms with Gasteiger partial charge in [-0.05, 0) is 35.0 Å². The Labute approximate surface area is 145 Å². The first kappa shape index (κ1) is 15.9. The van der Waals surface area contributed by atoms with Crippen molar-refractivity contribution in [3.63, 3.8) is 0 Å². The quantitative estimate of drug-likeness (QED) is 0.751. The van der Waals surface area contributed by atoms with E-state index in [0.29, 0.717) is 5.65 Å². The minimum absolute atomic E-state index is 0.125. The van der Waals surface area contributed by atoms with E-state index in [0.717, 1.165) is 38.7 Å². The molecule has 4 rings (SSSR count). The second-order valence-corrected chi connectivity index (χ2v) is 6.27. The first-order chi connectivity index (χ1) is 12.3. The van der Waals surface area contributed by atoms with Gasteiger partial charge in [-0.3, -0.25) is 4.90 Å². The fourth-order valence-corrected chi connectivity index (χ4v) is 2.98. The van der Waals surface area contributed by atoms with Crippen LogP contribution in [0.2, 0.25) is 0 Å². The molecule has 3 aromatic rings. The molecule has 1 atom stereocenters. The molecule has 1 aliphatic rings. The average molecular weight is 339 g/mol. The predicted molar refractivity (Wildman–Crippen MR) is 93.4 cm³/mol. The van der Waals surface area contributed by atoms with Gasteiger partial charge in [-0.1, -0.05) is 29.8 Å². The van der Waals surface area contributed by atoms with Crippen molar-refractivity contribution >= 4 is 11.5 Å². The minimum Gasteiger partial charge on any atom is -0.379 e. The van der Waals surface area contributed by atoms with Crippen molar-refractivity contribution in [2.75, 3.05) is 38.2 Å². The largest absolute Gasteiger partial charge is 0.379 e. The highest BCUT2D eigenvalue weighted by Crippen LogP contribution is 2.21. The normalized spacial score (nSPS) is 16.8. The van der Waals surface area contributed by atoms with Gasteiger partial charge in [0.1, 0.15) is 5.82 Å². The van der Waals surface area contributed by atoms with Gasteiger partial charge in [-0.15, -0.1) is 14.8 Å². The van der Waals surface area contributed by atoms with Crippen molar-refractivity contribution in [2.24, 2.45) is 0 Å². The average Bonchev–Trinajstić information content (AvgIpc) is 3.10. The van der Waals surface area contributed by atoms with Crippen LogP contribution in [0.3, 0.4) is 0 Å². The Morgan fingerprint density at radius 2 is 1.92 bits per heavy atom. The summed E-state index contributed by atoms with van der Waals surface area (Å²) in [5.41, 5.74) is 3.11. The second-order valence-electron chi connectivity index (χ2n) is 6.27.